The molecule has 0 fully saturated rings. The quantitative estimate of drug-likeness (QED) is 0.0290. The maximum atomic E-state index is 12.7. The smallest absolute Gasteiger partial charge is 0.387 e. The van der Waals surface area contributed by atoms with E-state index in [0.717, 1.165) is 57.8 Å². The van der Waals surface area contributed by atoms with Crippen molar-refractivity contribution in [1.29, 1.82) is 0 Å². The van der Waals surface area contributed by atoms with E-state index in [2.05, 4.69) is 79.9 Å². The Bertz CT molecular complexity index is 1070. The lowest BCUT2D eigenvalue weighted by Crippen LogP contribution is -2.45. The molecule has 9 heteroatoms. The monoisotopic (exact) mass is 733 g/mol. The normalized spacial score (nSPS) is 15.2. The summed E-state index contributed by atoms with van der Waals surface area (Å²) in [6, 6.07) is -0.904. The second-order valence-electron chi connectivity index (χ2n) is 12.8. The lowest BCUT2D eigenvalue weighted by molar-refractivity contribution is -0.122. The predicted molar refractivity (Wildman–Crippen MR) is 216 cm³/mol. The van der Waals surface area contributed by atoms with Gasteiger partial charge in [0.25, 0.3) is 0 Å². The van der Waals surface area contributed by atoms with Gasteiger partial charge in [-0.2, -0.15) is 0 Å². The van der Waals surface area contributed by atoms with Crippen LogP contribution in [0.25, 0.3) is 0 Å². The first kappa shape index (κ1) is 48.7. The molecule has 0 aliphatic heterocycles. The van der Waals surface area contributed by atoms with Gasteiger partial charge in [-0.15, -0.1) is 0 Å². The molecular weight excluding hydrogens is 659 g/mol. The molecule has 0 aromatic heterocycles. The number of hydrogen-bond donors (Lipinski definition) is 4. The fourth-order valence-electron chi connectivity index (χ4n) is 5.03. The van der Waals surface area contributed by atoms with Crippen LogP contribution in [-0.2, 0) is 18.4 Å². The van der Waals surface area contributed by atoms with E-state index in [-0.39, 0.29) is 32.1 Å². The number of phosphoric acid groups is 1. The van der Waals surface area contributed by atoms with Gasteiger partial charge in [-0.05, 0) is 57.8 Å². The van der Waals surface area contributed by atoms with Crippen molar-refractivity contribution in [2.45, 2.75) is 154 Å². The zero-order chi connectivity index (χ0) is 37.5. The second kappa shape index (κ2) is 37.4. The summed E-state index contributed by atoms with van der Waals surface area (Å²) in [7, 11) is -4.36. The number of amides is 1. The zero-order valence-electron chi connectivity index (χ0n) is 32.1. The molecule has 5 N–H and O–H groups in total. The van der Waals surface area contributed by atoms with Crippen LogP contribution in [-0.4, -0.2) is 47.8 Å². The van der Waals surface area contributed by atoms with E-state index >= 15 is 0 Å². The van der Waals surface area contributed by atoms with Crippen molar-refractivity contribution in [1.82, 2.24) is 5.32 Å². The number of rotatable bonds is 35. The Labute approximate surface area is 311 Å². The maximum absolute atomic E-state index is 12.7. The van der Waals surface area contributed by atoms with Gasteiger partial charge in [0.2, 0.25) is 5.91 Å². The number of carbonyl (C=O) groups is 1. The van der Waals surface area contributed by atoms with Crippen LogP contribution in [0.2, 0.25) is 0 Å². The summed E-state index contributed by atoms with van der Waals surface area (Å²) in [5.74, 6) is -0.281. The molecule has 0 saturated carbocycles. The van der Waals surface area contributed by atoms with Crippen LogP contribution in [0, 0.1) is 0 Å². The molecule has 0 aliphatic rings. The fourth-order valence-corrected chi connectivity index (χ4v) is 5.79. The first-order valence-corrected chi connectivity index (χ1v) is 21.2. The standard InChI is InChI=1S/C42H73N2O6P/c1-3-5-7-9-11-13-15-17-18-19-20-21-22-24-26-28-30-32-34-36-42(46)44-40(39-50-51(47,48)49-38-37-43)41(45)35-33-31-29-27-25-23-16-14-12-10-8-6-4-2/h5,7,11,13,17-18,20-21,24,26,30,32-33,35,40-41,45H,3-4,6,8-10,12,14-16,19,22-23,25,27-29,31,34,36-39,43H2,1-2H3,(H,44,46)(H,47,48)/b7-5-,13-11-,18-17-,21-20-,26-24-,32-30-,35-33+. The summed E-state index contributed by atoms with van der Waals surface area (Å²) in [6.07, 6.45) is 49.3. The van der Waals surface area contributed by atoms with E-state index in [1.54, 1.807) is 6.08 Å². The summed E-state index contributed by atoms with van der Waals surface area (Å²) in [5.41, 5.74) is 5.35. The van der Waals surface area contributed by atoms with Gasteiger partial charge in [0.15, 0.2) is 0 Å². The lowest BCUT2D eigenvalue weighted by atomic mass is 10.0. The van der Waals surface area contributed by atoms with E-state index in [1.807, 2.05) is 18.2 Å². The number of unbranched alkanes of at least 4 members (excludes halogenated alkanes) is 11. The van der Waals surface area contributed by atoms with Crippen molar-refractivity contribution in [3.8, 4) is 0 Å². The van der Waals surface area contributed by atoms with Crippen molar-refractivity contribution in [3.63, 3.8) is 0 Å². The van der Waals surface area contributed by atoms with Gasteiger partial charge >= 0.3 is 7.82 Å². The summed E-state index contributed by atoms with van der Waals surface area (Å²) in [4.78, 5) is 22.6. The molecule has 3 atom stereocenters. The number of nitrogens with two attached hydrogens (primary N) is 1. The molecule has 0 spiro atoms. The highest BCUT2D eigenvalue weighted by atomic mass is 31.2. The number of hydrogen-bond acceptors (Lipinski definition) is 6. The Morgan fingerprint density at radius 2 is 1.14 bits per heavy atom. The average molecular weight is 733 g/mol. The largest absolute Gasteiger partial charge is 0.472 e. The summed E-state index contributed by atoms with van der Waals surface area (Å²) in [6.45, 7) is 3.93. The minimum atomic E-state index is -4.36. The molecule has 1 amide bonds. The Balaban J connectivity index is 4.45. The fraction of sp³-hybridized carbons (Fsp3) is 0.643. The third-order valence-corrected chi connectivity index (χ3v) is 8.97. The molecule has 51 heavy (non-hydrogen) atoms. The van der Waals surface area contributed by atoms with E-state index < -0.39 is 20.0 Å². The van der Waals surface area contributed by atoms with Crippen LogP contribution >= 0.6 is 7.82 Å². The third kappa shape index (κ3) is 35.9. The molecule has 0 radical (unpaired) electrons. The molecule has 8 nitrogen and oxygen atoms in total. The molecule has 0 saturated heterocycles. The van der Waals surface area contributed by atoms with Gasteiger partial charge in [-0.1, -0.05) is 163 Å². The number of phosphoric ester groups is 1. The minimum Gasteiger partial charge on any atom is -0.387 e. The molecule has 0 bridgehead atoms. The molecule has 0 aliphatic carbocycles. The van der Waals surface area contributed by atoms with Gasteiger partial charge < -0.3 is 21.1 Å². The van der Waals surface area contributed by atoms with Crippen LogP contribution in [0.1, 0.15) is 142 Å². The van der Waals surface area contributed by atoms with Gasteiger partial charge in [0.1, 0.15) is 0 Å². The molecule has 292 valence electrons. The van der Waals surface area contributed by atoms with Crippen LogP contribution in [0.15, 0.2) is 85.1 Å². The lowest BCUT2D eigenvalue weighted by Gasteiger charge is -2.23. The van der Waals surface area contributed by atoms with Crippen molar-refractivity contribution >= 4 is 13.7 Å². The van der Waals surface area contributed by atoms with Gasteiger partial charge in [0, 0.05) is 13.0 Å². The summed E-state index contributed by atoms with van der Waals surface area (Å²) < 4.78 is 22.0. The number of nitrogens with one attached hydrogen (secondary N) is 1. The molecule has 3 unspecified atom stereocenters. The third-order valence-electron chi connectivity index (χ3n) is 7.99. The number of aliphatic hydroxyl groups excluding tert-OH is 1. The van der Waals surface area contributed by atoms with Gasteiger partial charge in [-0.25, -0.2) is 4.57 Å². The number of aliphatic hydroxyl groups is 1. The second-order valence-corrected chi connectivity index (χ2v) is 14.2. The van der Waals surface area contributed by atoms with Gasteiger partial charge in [-0.3, -0.25) is 13.8 Å². The highest BCUT2D eigenvalue weighted by molar-refractivity contribution is 7.47. The first-order valence-electron chi connectivity index (χ1n) is 19.7. The Morgan fingerprint density at radius 1 is 0.667 bits per heavy atom. The van der Waals surface area contributed by atoms with Crippen LogP contribution in [0.4, 0.5) is 0 Å². The number of allylic oxidation sites excluding steroid dienone is 13. The molecule has 0 heterocycles. The Kier molecular flexibility index (Phi) is 35.7. The molecule has 0 aromatic rings. The van der Waals surface area contributed by atoms with E-state index in [0.29, 0.717) is 6.42 Å². The van der Waals surface area contributed by atoms with Crippen molar-refractivity contribution < 1.29 is 28.4 Å². The van der Waals surface area contributed by atoms with Crippen molar-refractivity contribution in [2.75, 3.05) is 19.8 Å². The molecule has 0 aromatic carbocycles. The van der Waals surface area contributed by atoms with E-state index in [4.69, 9.17) is 14.8 Å². The SMILES string of the molecule is CC/C=C\C/C=C\C/C=C\C/C=C\C/C=C\C/C=C\CCC(=O)NC(COP(=O)(O)OCCN)C(O)/C=C/CCCCCCCCCCCCC. The Morgan fingerprint density at radius 3 is 1.63 bits per heavy atom. The van der Waals surface area contributed by atoms with Crippen LogP contribution < -0.4 is 11.1 Å². The van der Waals surface area contributed by atoms with Crippen molar-refractivity contribution in [2.24, 2.45) is 5.73 Å². The zero-order valence-corrected chi connectivity index (χ0v) is 32.9. The van der Waals surface area contributed by atoms with Crippen LogP contribution in [0.5, 0.6) is 0 Å². The summed E-state index contributed by atoms with van der Waals surface area (Å²) >= 11 is 0. The molecular formula is C42H73N2O6P. The molecule has 0 rings (SSSR count). The maximum Gasteiger partial charge on any atom is 0.472 e. The van der Waals surface area contributed by atoms with E-state index in [9.17, 15) is 19.4 Å². The highest BCUT2D eigenvalue weighted by Gasteiger charge is 2.26. The van der Waals surface area contributed by atoms with Crippen LogP contribution in [0.3, 0.4) is 0 Å². The average Bonchev–Trinajstić information content (AvgIpc) is 3.12. The predicted octanol–water partition coefficient (Wildman–Crippen LogP) is 10.7. The highest BCUT2D eigenvalue weighted by Crippen LogP contribution is 2.43. The summed E-state index contributed by atoms with van der Waals surface area (Å²) in [5, 5.41) is 13.6. The number of carbonyl (C=O) groups excluding carboxylic acids is 1. The van der Waals surface area contributed by atoms with Gasteiger partial charge in [0.05, 0.1) is 25.4 Å². The first-order chi connectivity index (χ1) is 24.9. The minimum absolute atomic E-state index is 0.0626. The Hall–Kier alpha value is -2.32. The topological polar surface area (TPSA) is 131 Å². The van der Waals surface area contributed by atoms with Crippen molar-refractivity contribution in [3.05, 3.63) is 85.1 Å². The van der Waals surface area contributed by atoms with E-state index in [1.165, 1.54) is 57.8 Å².